The quantitative estimate of drug-likeness (QED) is 0.582. The van der Waals surface area contributed by atoms with Crippen molar-refractivity contribution in [3.8, 4) is 0 Å². The van der Waals surface area contributed by atoms with Gasteiger partial charge in [-0.2, -0.15) is 0 Å². The molecule has 0 aromatic carbocycles. The zero-order valence-corrected chi connectivity index (χ0v) is 7.57. The predicted octanol–water partition coefficient (Wildman–Crippen LogP) is 3.10. The molecule has 0 radical (unpaired) electrons. The standard InChI is InChI=1S/C9H19N/c1-5-9(4,6-2)8(3)7-10/h7-8,10H,5-6H2,1-4H3. The van der Waals surface area contributed by atoms with Crippen LogP contribution in [0.5, 0.6) is 0 Å². The van der Waals surface area contributed by atoms with E-state index in [0.29, 0.717) is 11.3 Å². The summed E-state index contributed by atoms with van der Waals surface area (Å²) in [5.74, 6) is 0.419. The molecule has 0 aromatic heterocycles. The molecular weight excluding hydrogens is 122 g/mol. The average Bonchev–Trinajstić information content (AvgIpc) is 2.01. The van der Waals surface area contributed by atoms with Crippen LogP contribution in [0.3, 0.4) is 0 Å². The molecule has 0 spiro atoms. The Morgan fingerprint density at radius 2 is 1.80 bits per heavy atom. The molecule has 0 aliphatic heterocycles. The third-order valence-corrected chi connectivity index (χ3v) is 2.96. The summed E-state index contributed by atoms with van der Waals surface area (Å²) < 4.78 is 0. The second-order valence-corrected chi connectivity index (χ2v) is 3.32. The van der Waals surface area contributed by atoms with Crippen molar-refractivity contribution in [2.75, 3.05) is 0 Å². The lowest BCUT2D eigenvalue weighted by molar-refractivity contribution is 0.240. The maximum absolute atomic E-state index is 7.15. The highest BCUT2D eigenvalue weighted by atomic mass is 14.4. The van der Waals surface area contributed by atoms with E-state index in [1.807, 2.05) is 0 Å². The molecule has 0 fully saturated rings. The largest absolute Gasteiger partial charge is 0.313 e. The normalized spacial score (nSPS) is 14.8. The molecule has 0 saturated carbocycles. The van der Waals surface area contributed by atoms with Crippen LogP contribution in [0.2, 0.25) is 0 Å². The molecule has 1 N–H and O–H groups in total. The van der Waals surface area contributed by atoms with Gasteiger partial charge in [0.15, 0.2) is 0 Å². The van der Waals surface area contributed by atoms with Gasteiger partial charge in [-0.3, -0.25) is 0 Å². The Balaban J connectivity index is 4.15. The van der Waals surface area contributed by atoms with Crippen LogP contribution in [0.25, 0.3) is 0 Å². The second-order valence-electron chi connectivity index (χ2n) is 3.32. The fraction of sp³-hybridized carbons (Fsp3) is 0.889. The molecule has 0 aliphatic carbocycles. The lowest BCUT2D eigenvalue weighted by Gasteiger charge is -2.30. The molecule has 10 heavy (non-hydrogen) atoms. The number of nitrogens with one attached hydrogen (secondary N) is 1. The predicted molar refractivity (Wildman–Crippen MR) is 46.6 cm³/mol. The van der Waals surface area contributed by atoms with Crippen molar-refractivity contribution < 1.29 is 0 Å². The third kappa shape index (κ3) is 1.83. The Morgan fingerprint density at radius 3 is 1.90 bits per heavy atom. The van der Waals surface area contributed by atoms with Crippen molar-refractivity contribution in [1.82, 2.24) is 0 Å². The number of rotatable bonds is 4. The first-order valence-corrected chi connectivity index (χ1v) is 4.11. The first-order valence-electron chi connectivity index (χ1n) is 4.11. The Morgan fingerprint density at radius 1 is 1.40 bits per heavy atom. The minimum absolute atomic E-state index is 0.349. The van der Waals surface area contributed by atoms with Crippen LogP contribution in [-0.2, 0) is 0 Å². The second kappa shape index (κ2) is 3.75. The molecule has 1 unspecified atom stereocenters. The van der Waals surface area contributed by atoms with Crippen molar-refractivity contribution in [1.29, 1.82) is 5.41 Å². The van der Waals surface area contributed by atoms with Gasteiger partial charge in [0.1, 0.15) is 0 Å². The van der Waals surface area contributed by atoms with E-state index < -0.39 is 0 Å². The van der Waals surface area contributed by atoms with Crippen LogP contribution in [0, 0.1) is 16.7 Å². The lowest BCUT2D eigenvalue weighted by Crippen LogP contribution is -2.24. The zero-order valence-electron chi connectivity index (χ0n) is 7.57. The molecule has 1 nitrogen and oxygen atoms in total. The Bertz CT molecular complexity index is 103. The van der Waals surface area contributed by atoms with E-state index in [1.54, 1.807) is 6.21 Å². The fourth-order valence-corrected chi connectivity index (χ4v) is 1.10. The third-order valence-electron chi connectivity index (χ3n) is 2.96. The van der Waals surface area contributed by atoms with Gasteiger partial charge in [0.2, 0.25) is 0 Å². The number of hydrogen-bond donors (Lipinski definition) is 1. The average molecular weight is 141 g/mol. The molecule has 0 aliphatic rings. The van der Waals surface area contributed by atoms with Crippen LogP contribution in [0.1, 0.15) is 40.5 Å². The van der Waals surface area contributed by atoms with Crippen LogP contribution in [-0.4, -0.2) is 6.21 Å². The van der Waals surface area contributed by atoms with Gasteiger partial charge >= 0.3 is 0 Å². The van der Waals surface area contributed by atoms with Crippen molar-refractivity contribution >= 4 is 6.21 Å². The van der Waals surface area contributed by atoms with Gasteiger partial charge in [-0.05, 0) is 17.5 Å². The summed E-state index contributed by atoms with van der Waals surface area (Å²) in [6, 6.07) is 0. The molecular formula is C9H19N. The molecule has 1 heteroatoms. The van der Waals surface area contributed by atoms with Crippen molar-refractivity contribution in [2.24, 2.45) is 11.3 Å². The van der Waals surface area contributed by atoms with Crippen LogP contribution in [0.15, 0.2) is 0 Å². The van der Waals surface area contributed by atoms with Crippen molar-refractivity contribution in [2.45, 2.75) is 40.5 Å². The van der Waals surface area contributed by atoms with Gasteiger partial charge in [-0.1, -0.05) is 40.5 Å². The molecule has 1 atom stereocenters. The maximum atomic E-state index is 7.15. The van der Waals surface area contributed by atoms with E-state index in [2.05, 4.69) is 27.7 Å². The summed E-state index contributed by atoms with van der Waals surface area (Å²) in [6.07, 6.45) is 3.90. The first kappa shape index (κ1) is 9.67. The fourth-order valence-electron chi connectivity index (χ4n) is 1.10. The highest BCUT2D eigenvalue weighted by molar-refractivity contribution is 5.57. The van der Waals surface area contributed by atoms with E-state index in [-0.39, 0.29) is 0 Å². The highest BCUT2D eigenvalue weighted by Gasteiger charge is 2.25. The van der Waals surface area contributed by atoms with E-state index in [4.69, 9.17) is 5.41 Å². The summed E-state index contributed by atoms with van der Waals surface area (Å²) in [7, 11) is 0. The Labute approximate surface area is 64.3 Å². The minimum atomic E-state index is 0.349. The van der Waals surface area contributed by atoms with Gasteiger partial charge in [-0.25, -0.2) is 0 Å². The van der Waals surface area contributed by atoms with Gasteiger partial charge < -0.3 is 5.41 Å². The summed E-state index contributed by atoms with van der Waals surface area (Å²) in [4.78, 5) is 0. The van der Waals surface area contributed by atoms with Crippen LogP contribution >= 0.6 is 0 Å². The summed E-state index contributed by atoms with van der Waals surface area (Å²) >= 11 is 0. The Hall–Kier alpha value is -0.330. The molecule has 0 rings (SSSR count). The molecule has 60 valence electrons. The van der Waals surface area contributed by atoms with E-state index in [0.717, 1.165) is 0 Å². The van der Waals surface area contributed by atoms with Crippen LogP contribution in [0.4, 0.5) is 0 Å². The van der Waals surface area contributed by atoms with Gasteiger partial charge in [0.25, 0.3) is 0 Å². The van der Waals surface area contributed by atoms with Crippen LogP contribution < -0.4 is 0 Å². The Kier molecular flexibility index (Phi) is 3.62. The first-order chi connectivity index (χ1) is 4.60. The monoisotopic (exact) mass is 141 g/mol. The van der Waals surface area contributed by atoms with Gasteiger partial charge in [-0.15, -0.1) is 0 Å². The summed E-state index contributed by atoms with van der Waals surface area (Å²) in [6.45, 7) is 8.77. The molecule has 0 amide bonds. The lowest BCUT2D eigenvalue weighted by atomic mass is 9.74. The van der Waals surface area contributed by atoms with Crippen molar-refractivity contribution in [3.05, 3.63) is 0 Å². The summed E-state index contributed by atoms with van der Waals surface area (Å²) in [5, 5.41) is 7.15. The molecule has 0 aromatic rings. The van der Waals surface area contributed by atoms with E-state index >= 15 is 0 Å². The zero-order chi connectivity index (χ0) is 8.20. The summed E-state index contributed by atoms with van der Waals surface area (Å²) in [5.41, 5.74) is 0.349. The number of hydrogen-bond acceptors (Lipinski definition) is 1. The van der Waals surface area contributed by atoms with Crippen molar-refractivity contribution in [3.63, 3.8) is 0 Å². The highest BCUT2D eigenvalue weighted by Crippen LogP contribution is 2.32. The maximum Gasteiger partial charge on any atom is -0.00141 e. The van der Waals surface area contributed by atoms with E-state index in [9.17, 15) is 0 Å². The molecule has 0 heterocycles. The van der Waals surface area contributed by atoms with Gasteiger partial charge in [0, 0.05) is 0 Å². The smallest absolute Gasteiger partial charge is 0.00141 e. The minimum Gasteiger partial charge on any atom is -0.313 e. The topological polar surface area (TPSA) is 23.9 Å². The molecule has 0 saturated heterocycles. The van der Waals surface area contributed by atoms with Gasteiger partial charge in [0.05, 0.1) is 0 Å². The molecule has 0 bridgehead atoms. The van der Waals surface area contributed by atoms with E-state index in [1.165, 1.54) is 12.8 Å². The SMILES string of the molecule is CCC(C)(CC)C(C)C=N.